The number of benzene rings is 1. The van der Waals surface area contributed by atoms with Gasteiger partial charge in [0.1, 0.15) is 5.75 Å². The molecule has 3 amide bonds. The van der Waals surface area contributed by atoms with Gasteiger partial charge in [-0.25, -0.2) is 0 Å². The molecule has 1 fully saturated rings. The topological polar surface area (TPSA) is 97.0 Å². The Hall–Kier alpha value is -2.32. The van der Waals surface area contributed by atoms with Gasteiger partial charge in [-0.15, -0.1) is 0 Å². The van der Waals surface area contributed by atoms with Gasteiger partial charge in [0.2, 0.25) is 11.8 Å². The molecule has 0 bridgehead atoms. The van der Waals surface area contributed by atoms with Crippen molar-refractivity contribution in [3.63, 3.8) is 0 Å². The van der Waals surface area contributed by atoms with Crippen LogP contribution >= 0.6 is 11.6 Å². The Kier molecular flexibility index (Phi) is 7.44. The van der Waals surface area contributed by atoms with Crippen LogP contribution in [0.1, 0.15) is 31.1 Å². The lowest BCUT2D eigenvalue weighted by Crippen LogP contribution is -2.49. The van der Waals surface area contributed by atoms with Crippen LogP contribution in [0.4, 0.5) is 5.69 Å². The first-order valence-electron chi connectivity index (χ1n) is 8.71. The van der Waals surface area contributed by atoms with E-state index in [1.165, 1.54) is 26.0 Å². The Balaban J connectivity index is 2.09. The largest absolute Gasteiger partial charge is 0.493 e. The maximum atomic E-state index is 12.6. The van der Waals surface area contributed by atoms with Gasteiger partial charge < -0.3 is 25.0 Å². The van der Waals surface area contributed by atoms with Crippen molar-refractivity contribution in [3.05, 3.63) is 22.7 Å². The van der Waals surface area contributed by atoms with Gasteiger partial charge in [0, 0.05) is 39.5 Å². The maximum Gasteiger partial charge on any atom is 0.255 e. The van der Waals surface area contributed by atoms with Crippen LogP contribution in [0.5, 0.6) is 5.75 Å². The summed E-state index contributed by atoms with van der Waals surface area (Å²) in [6, 6.07) is 2.98. The molecule has 1 aliphatic heterocycles. The van der Waals surface area contributed by atoms with E-state index in [0.717, 1.165) is 0 Å². The maximum absolute atomic E-state index is 12.6. The van der Waals surface area contributed by atoms with E-state index >= 15 is 0 Å². The van der Waals surface area contributed by atoms with E-state index in [2.05, 4.69) is 10.6 Å². The average Bonchev–Trinajstić information content (AvgIpc) is 2.62. The summed E-state index contributed by atoms with van der Waals surface area (Å²) in [6.07, 6.45) is -0.281. The second-order valence-corrected chi connectivity index (χ2v) is 6.52. The molecule has 2 rings (SSSR count). The average molecular weight is 398 g/mol. The number of carbonyl (C=O) groups is 3. The van der Waals surface area contributed by atoms with E-state index in [0.29, 0.717) is 37.7 Å². The monoisotopic (exact) mass is 397 g/mol. The fourth-order valence-corrected chi connectivity index (χ4v) is 2.93. The van der Waals surface area contributed by atoms with E-state index in [9.17, 15) is 14.4 Å². The first-order chi connectivity index (χ1) is 12.8. The Morgan fingerprint density at radius 2 is 2.07 bits per heavy atom. The van der Waals surface area contributed by atoms with E-state index < -0.39 is 0 Å². The highest BCUT2D eigenvalue weighted by molar-refractivity contribution is 6.34. The van der Waals surface area contributed by atoms with Crippen LogP contribution in [0.3, 0.4) is 0 Å². The molecule has 9 heteroatoms. The molecule has 27 heavy (non-hydrogen) atoms. The van der Waals surface area contributed by atoms with Gasteiger partial charge in [-0.2, -0.15) is 0 Å². The van der Waals surface area contributed by atoms with Crippen molar-refractivity contribution in [1.82, 2.24) is 10.2 Å². The Morgan fingerprint density at radius 1 is 1.33 bits per heavy atom. The molecular weight excluding hydrogens is 374 g/mol. The summed E-state index contributed by atoms with van der Waals surface area (Å²) in [6.45, 7) is 6.67. The van der Waals surface area contributed by atoms with Gasteiger partial charge in [0.05, 0.1) is 35.6 Å². The Labute approximate surface area is 163 Å². The van der Waals surface area contributed by atoms with Gasteiger partial charge in [0.15, 0.2) is 0 Å². The minimum Gasteiger partial charge on any atom is -0.493 e. The number of morpholine rings is 1. The van der Waals surface area contributed by atoms with Crippen LogP contribution in [0, 0.1) is 0 Å². The molecule has 0 saturated carbocycles. The number of ether oxygens (including phenoxy) is 2. The zero-order valence-electron chi connectivity index (χ0n) is 15.6. The normalized spacial score (nSPS) is 16.6. The Morgan fingerprint density at radius 3 is 2.70 bits per heavy atom. The number of hydrogen-bond acceptors (Lipinski definition) is 5. The summed E-state index contributed by atoms with van der Waals surface area (Å²) >= 11 is 6.17. The summed E-state index contributed by atoms with van der Waals surface area (Å²) in [5, 5.41) is 5.62. The van der Waals surface area contributed by atoms with Crippen molar-refractivity contribution in [2.24, 2.45) is 0 Å². The number of halogens is 1. The summed E-state index contributed by atoms with van der Waals surface area (Å²) in [7, 11) is 0. The number of carbonyl (C=O) groups excluding carboxylic acids is 3. The number of nitrogens with zero attached hydrogens (tertiary/aromatic N) is 1. The summed E-state index contributed by atoms with van der Waals surface area (Å²) in [5.74, 6) is -0.356. The molecule has 1 aliphatic rings. The van der Waals surface area contributed by atoms with E-state index in [4.69, 9.17) is 21.1 Å². The zero-order valence-corrected chi connectivity index (χ0v) is 16.4. The van der Waals surface area contributed by atoms with Crippen molar-refractivity contribution in [1.29, 1.82) is 0 Å². The van der Waals surface area contributed by atoms with Crippen molar-refractivity contribution >= 4 is 35.0 Å². The third-order valence-electron chi connectivity index (χ3n) is 4.00. The number of hydrogen-bond donors (Lipinski definition) is 2. The highest BCUT2D eigenvalue weighted by atomic mass is 35.5. The van der Waals surface area contributed by atoms with Crippen molar-refractivity contribution in [3.8, 4) is 5.75 Å². The third-order valence-corrected chi connectivity index (χ3v) is 4.31. The molecule has 148 valence electrons. The molecule has 1 heterocycles. The van der Waals surface area contributed by atoms with Crippen LogP contribution in [0.25, 0.3) is 0 Å². The molecular formula is C18H24ClN3O5. The lowest BCUT2D eigenvalue weighted by atomic mass is 10.1. The molecule has 0 aromatic heterocycles. The number of rotatable bonds is 6. The fourth-order valence-electron chi connectivity index (χ4n) is 2.72. The molecule has 0 radical (unpaired) electrons. The summed E-state index contributed by atoms with van der Waals surface area (Å²) < 4.78 is 11.1. The molecule has 0 unspecified atom stereocenters. The molecule has 1 atom stereocenters. The van der Waals surface area contributed by atoms with E-state index in [-0.39, 0.29) is 41.0 Å². The Bertz CT molecular complexity index is 725. The standard InChI is InChI=1S/C18H24ClN3O5/c1-4-26-17-8-16(21-11(2)23)15(19)7-14(17)18(25)20-9-13-10-22(12(3)24)5-6-27-13/h7-8,13H,4-6,9-10H2,1-3H3,(H,20,25)(H,21,23)/t13-/m1/s1. The number of amides is 3. The van der Waals surface area contributed by atoms with Gasteiger partial charge in [-0.3, -0.25) is 14.4 Å². The van der Waals surface area contributed by atoms with Gasteiger partial charge in [0.25, 0.3) is 5.91 Å². The van der Waals surface area contributed by atoms with Gasteiger partial charge >= 0.3 is 0 Å². The molecule has 0 spiro atoms. The second kappa shape index (κ2) is 9.57. The molecule has 1 aromatic carbocycles. The second-order valence-electron chi connectivity index (χ2n) is 6.11. The first-order valence-corrected chi connectivity index (χ1v) is 9.08. The van der Waals surface area contributed by atoms with Crippen LogP contribution in [-0.4, -0.2) is 61.6 Å². The predicted molar refractivity (Wildman–Crippen MR) is 101 cm³/mol. The number of anilines is 1. The van der Waals surface area contributed by atoms with Crippen LogP contribution in [0.2, 0.25) is 5.02 Å². The van der Waals surface area contributed by atoms with Gasteiger partial charge in [-0.1, -0.05) is 11.6 Å². The van der Waals surface area contributed by atoms with Crippen molar-refractivity contribution in [2.75, 3.05) is 38.2 Å². The van der Waals surface area contributed by atoms with Crippen LogP contribution in [0.15, 0.2) is 12.1 Å². The first kappa shape index (κ1) is 21.0. The van der Waals surface area contributed by atoms with Crippen LogP contribution in [-0.2, 0) is 14.3 Å². The van der Waals surface area contributed by atoms with E-state index in [1.54, 1.807) is 11.8 Å². The molecule has 1 aromatic rings. The SMILES string of the molecule is CCOc1cc(NC(C)=O)c(Cl)cc1C(=O)NC[C@@H]1CN(C(C)=O)CCO1. The van der Waals surface area contributed by atoms with Crippen molar-refractivity contribution in [2.45, 2.75) is 26.9 Å². The lowest BCUT2D eigenvalue weighted by molar-refractivity contribution is -0.136. The van der Waals surface area contributed by atoms with Gasteiger partial charge in [-0.05, 0) is 13.0 Å². The minimum atomic E-state index is -0.377. The predicted octanol–water partition coefficient (Wildman–Crippen LogP) is 1.67. The molecule has 8 nitrogen and oxygen atoms in total. The quantitative estimate of drug-likeness (QED) is 0.761. The highest BCUT2D eigenvalue weighted by Gasteiger charge is 2.23. The molecule has 2 N–H and O–H groups in total. The van der Waals surface area contributed by atoms with Crippen LogP contribution < -0.4 is 15.4 Å². The van der Waals surface area contributed by atoms with Crippen molar-refractivity contribution < 1.29 is 23.9 Å². The highest BCUT2D eigenvalue weighted by Crippen LogP contribution is 2.31. The molecule has 0 aliphatic carbocycles. The third kappa shape index (κ3) is 5.83. The zero-order chi connectivity index (χ0) is 20.0. The summed E-state index contributed by atoms with van der Waals surface area (Å²) in [5.41, 5.74) is 0.632. The fraction of sp³-hybridized carbons (Fsp3) is 0.500. The minimum absolute atomic E-state index is 0.0198. The molecule has 1 saturated heterocycles. The summed E-state index contributed by atoms with van der Waals surface area (Å²) in [4.78, 5) is 37.1. The lowest BCUT2D eigenvalue weighted by Gasteiger charge is -2.32. The van der Waals surface area contributed by atoms with E-state index in [1.807, 2.05) is 0 Å². The number of nitrogens with one attached hydrogen (secondary N) is 2. The smallest absolute Gasteiger partial charge is 0.255 e.